The van der Waals surface area contributed by atoms with Crippen LogP contribution in [0.5, 0.6) is 0 Å². The molecule has 0 saturated heterocycles. The molecule has 1 aromatic carbocycles. The van der Waals surface area contributed by atoms with Crippen LogP contribution >= 0.6 is 0 Å². The van der Waals surface area contributed by atoms with Crippen molar-refractivity contribution in [2.24, 2.45) is 23.7 Å². The van der Waals surface area contributed by atoms with Gasteiger partial charge in [0.1, 0.15) is 5.76 Å². The molecular formula is C21H22N2O5. The number of nitrogens with one attached hydrogen (secondary N) is 1. The van der Waals surface area contributed by atoms with Gasteiger partial charge >= 0.3 is 5.97 Å². The molecule has 1 aromatic heterocycles. The Kier molecular flexibility index (Phi) is 4.98. The Bertz CT molecular complexity index is 891. The van der Waals surface area contributed by atoms with Crippen molar-refractivity contribution in [3.8, 4) is 0 Å². The molecule has 2 bridgehead atoms. The highest BCUT2D eigenvalue weighted by Crippen LogP contribution is 2.53. The molecule has 2 aromatic rings. The lowest BCUT2D eigenvalue weighted by Crippen LogP contribution is -2.37. The minimum Gasteiger partial charge on any atom is -0.455 e. The maximum Gasteiger partial charge on any atom is 0.310 e. The first-order valence-corrected chi connectivity index (χ1v) is 9.52. The molecule has 7 heteroatoms. The second-order valence-electron chi connectivity index (χ2n) is 7.59. The van der Waals surface area contributed by atoms with Crippen LogP contribution < -0.4 is 5.32 Å². The van der Waals surface area contributed by atoms with Gasteiger partial charge in [-0.1, -0.05) is 35.5 Å². The molecule has 2 fully saturated rings. The molecule has 2 aliphatic rings. The van der Waals surface area contributed by atoms with Crippen molar-refractivity contribution in [1.29, 1.82) is 0 Å². The Balaban J connectivity index is 1.40. The molecule has 1 N–H and O–H groups in total. The van der Waals surface area contributed by atoms with Crippen LogP contribution in [0.25, 0.3) is 0 Å². The van der Waals surface area contributed by atoms with Crippen molar-refractivity contribution in [2.45, 2.75) is 26.2 Å². The SMILES string of the molecule is Cc1cc(NC(=O)COC(=O)[C@@H]2[C@H]3CC[C@@H](C3)[C@H]2C(=O)c2ccccc2)no1. The lowest BCUT2D eigenvalue weighted by Gasteiger charge is -2.28. The van der Waals surface area contributed by atoms with Crippen molar-refractivity contribution in [3.05, 3.63) is 47.7 Å². The fourth-order valence-corrected chi connectivity index (χ4v) is 4.64. The van der Waals surface area contributed by atoms with Gasteiger partial charge in [-0.25, -0.2) is 0 Å². The van der Waals surface area contributed by atoms with Gasteiger partial charge in [-0.05, 0) is 38.0 Å². The molecule has 0 aliphatic heterocycles. The summed E-state index contributed by atoms with van der Waals surface area (Å²) < 4.78 is 10.2. The van der Waals surface area contributed by atoms with E-state index in [1.807, 2.05) is 18.2 Å². The number of carbonyl (C=O) groups excluding carboxylic acids is 3. The van der Waals surface area contributed by atoms with Gasteiger partial charge in [-0.2, -0.15) is 0 Å². The molecule has 4 rings (SSSR count). The second-order valence-corrected chi connectivity index (χ2v) is 7.59. The number of ketones is 1. The fraction of sp³-hybridized carbons (Fsp3) is 0.429. The molecule has 7 nitrogen and oxygen atoms in total. The van der Waals surface area contributed by atoms with E-state index >= 15 is 0 Å². The predicted molar refractivity (Wildman–Crippen MR) is 99.4 cm³/mol. The zero-order valence-electron chi connectivity index (χ0n) is 15.6. The summed E-state index contributed by atoms with van der Waals surface area (Å²) in [6.07, 6.45) is 2.75. The van der Waals surface area contributed by atoms with Crippen molar-refractivity contribution >= 4 is 23.5 Å². The minimum absolute atomic E-state index is 0.00252. The topological polar surface area (TPSA) is 98.5 Å². The zero-order chi connectivity index (χ0) is 19.7. The van der Waals surface area contributed by atoms with E-state index in [1.165, 1.54) is 0 Å². The third-order valence-corrected chi connectivity index (χ3v) is 5.79. The number of ether oxygens (including phenoxy) is 1. The number of anilines is 1. The van der Waals surface area contributed by atoms with Gasteiger partial charge in [0.2, 0.25) is 0 Å². The number of benzene rings is 1. The number of fused-ring (bicyclic) bond motifs is 2. The van der Waals surface area contributed by atoms with Gasteiger partial charge in [0.15, 0.2) is 18.2 Å². The third kappa shape index (κ3) is 3.56. The van der Waals surface area contributed by atoms with Crippen molar-refractivity contribution in [2.75, 3.05) is 11.9 Å². The number of aromatic nitrogens is 1. The number of aryl methyl sites for hydroxylation is 1. The van der Waals surface area contributed by atoms with Crippen LogP contribution in [0.2, 0.25) is 0 Å². The summed E-state index contributed by atoms with van der Waals surface area (Å²) >= 11 is 0. The Labute approximate surface area is 162 Å². The molecule has 0 radical (unpaired) electrons. The van der Waals surface area contributed by atoms with E-state index in [9.17, 15) is 14.4 Å². The lowest BCUT2D eigenvalue weighted by atomic mass is 9.75. The Hall–Kier alpha value is -2.96. The van der Waals surface area contributed by atoms with Crippen LogP contribution in [0.3, 0.4) is 0 Å². The van der Waals surface area contributed by atoms with Gasteiger partial charge in [0.25, 0.3) is 5.91 Å². The molecule has 1 amide bonds. The first kappa shape index (κ1) is 18.4. The Morgan fingerprint density at radius 1 is 1.14 bits per heavy atom. The first-order valence-electron chi connectivity index (χ1n) is 9.52. The van der Waals surface area contributed by atoms with Crippen LogP contribution in [0.15, 0.2) is 40.9 Å². The van der Waals surface area contributed by atoms with E-state index in [4.69, 9.17) is 9.26 Å². The highest BCUT2D eigenvalue weighted by Gasteiger charge is 2.54. The number of esters is 1. The third-order valence-electron chi connectivity index (χ3n) is 5.79. The summed E-state index contributed by atoms with van der Waals surface area (Å²) in [7, 11) is 0. The van der Waals surface area contributed by atoms with Gasteiger partial charge in [-0.3, -0.25) is 14.4 Å². The molecule has 4 atom stereocenters. The smallest absolute Gasteiger partial charge is 0.310 e. The van der Waals surface area contributed by atoms with E-state index in [0.29, 0.717) is 11.3 Å². The molecule has 1 heterocycles. The van der Waals surface area contributed by atoms with E-state index in [1.54, 1.807) is 25.1 Å². The standard InChI is InChI=1S/C21H22N2O5/c1-12-9-16(23-28-12)22-17(24)11-27-21(26)19-15-8-7-14(10-15)18(19)20(25)13-5-3-2-4-6-13/h2-6,9,14-15,18-19H,7-8,10-11H2,1H3,(H,22,23,24)/t14-,15-,18+,19+/m0/s1. The molecule has 146 valence electrons. The first-order chi connectivity index (χ1) is 13.5. The Morgan fingerprint density at radius 2 is 1.86 bits per heavy atom. The molecular weight excluding hydrogens is 360 g/mol. The predicted octanol–water partition coefficient (Wildman–Crippen LogP) is 3.01. The maximum atomic E-state index is 13.0. The van der Waals surface area contributed by atoms with Gasteiger partial charge in [-0.15, -0.1) is 0 Å². The molecule has 2 aliphatic carbocycles. The quantitative estimate of drug-likeness (QED) is 0.609. The second kappa shape index (κ2) is 7.58. The van der Waals surface area contributed by atoms with Crippen LogP contribution in [0.1, 0.15) is 35.4 Å². The van der Waals surface area contributed by atoms with Crippen molar-refractivity contribution in [3.63, 3.8) is 0 Å². The summed E-state index contributed by atoms with van der Waals surface area (Å²) in [5.74, 6) is -0.602. The fourth-order valence-electron chi connectivity index (χ4n) is 4.64. The largest absolute Gasteiger partial charge is 0.455 e. The minimum atomic E-state index is -0.490. The summed E-state index contributed by atoms with van der Waals surface area (Å²) in [4.78, 5) is 37.8. The van der Waals surface area contributed by atoms with E-state index < -0.39 is 24.4 Å². The average molecular weight is 382 g/mol. The summed E-state index contributed by atoms with van der Waals surface area (Å²) in [6, 6.07) is 10.6. The summed E-state index contributed by atoms with van der Waals surface area (Å²) in [6.45, 7) is 1.30. The van der Waals surface area contributed by atoms with Crippen LogP contribution in [-0.2, 0) is 14.3 Å². The number of rotatable bonds is 6. The number of Topliss-reactive ketones (excluding diaryl/α,β-unsaturated/α-hetero) is 1. The lowest BCUT2D eigenvalue weighted by molar-refractivity contribution is -0.154. The monoisotopic (exact) mass is 382 g/mol. The van der Waals surface area contributed by atoms with Crippen molar-refractivity contribution < 1.29 is 23.6 Å². The Morgan fingerprint density at radius 3 is 2.54 bits per heavy atom. The summed E-state index contributed by atoms with van der Waals surface area (Å²) in [5, 5.41) is 6.18. The molecule has 28 heavy (non-hydrogen) atoms. The highest BCUT2D eigenvalue weighted by atomic mass is 16.5. The van der Waals surface area contributed by atoms with E-state index in [-0.39, 0.29) is 29.4 Å². The van der Waals surface area contributed by atoms with Crippen molar-refractivity contribution in [1.82, 2.24) is 5.16 Å². The van der Waals surface area contributed by atoms with Crippen LogP contribution in [0, 0.1) is 30.6 Å². The normalized spacial score (nSPS) is 25.5. The average Bonchev–Trinajstić information content (AvgIpc) is 3.42. The number of carbonyl (C=O) groups is 3. The maximum absolute atomic E-state index is 13.0. The van der Waals surface area contributed by atoms with Crippen LogP contribution in [-0.4, -0.2) is 29.4 Å². The van der Waals surface area contributed by atoms with Gasteiger partial charge in [0.05, 0.1) is 5.92 Å². The summed E-state index contributed by atoms with van der Waals surface area (Å²) in [5.41, 5.74) is 0.622. The number of nitrogens with zero attached hydrogens (tertiary/aromatic N) is 1. The van der Waals surface area contributed by atoms with Gasteiger partial charge in [0, 0.05) is 17.5 Å². The molecule has 2 saturated carbocycles. The molecule has 0 spiro atoms. The number of hydrogen-bond acceptors (Lipinski definition) is 6. The van der Waals surface area contributed by atoms with Crippen LogP contribution in [0.4, 0.5) is 5.82 Å². The van der Waals surface area contributed by atoms with E-state index in [2.05, 4.69) is 10.5 Å². The van der Waals surface area contributed by atoms with E-state index in [0.717, 1.165) is 19.3 Å². The number of hydrogen-bond donors (Lipinski definition) is 1. The highest BCUT2D eigenvalue weighted by molar-refractivity contribution is 6.01. The molecule has 0 unspecified atom stereocenters. The number of amides is 1. The zero-order valence-corrected chi connectivity index (χ0v) is 15.6. The van der Waals surface area contributed by atoms with Gasteiger partial charge < -0.3 is 14.6 Å².